The maximum atomic E-state index is 11.0. The Hall–Kier alpha value is -2.26. The molecule has 0 bridgehead atoms. The molecule has 1 aromatic rings. The molecular weight excluding hydrogens is 282 g/mol. The molecule has 9 heteroatoms. The van der Waals surface area contributed by atoms with Gasteiger partial charge in [0.25, 0.3) is 11.4 Å². The van der Waals surface area contributed by atoms with Crippen LogP contribution in [0.1, 0.15) is 12.8 Å². The van der Waals surface area contributed by atoms with E-state index in [9.17, 15) is 25.3 Å². The van der Waals surface area contributed by atoms with Gasteiger partial charge in [0.15, 0.2) is 0 Å². The van der Waals surface area contributed by atoms with Gasteiger partial charge in [-0.3, -0.25) is 20.2 Å². The molecule has 3 unspecified atom stereocenters. The lowest BCUT2D eigenvalue weighted by Crippen LogP contribution is -2.28. The second-order valence-corrected chi connectivity index (χ2v) is 5.05. The van der Waals surface area contributed by atoms with Crippen molar-refractivity contribution < 1.29 is 20.1 Å². The Morgan fingerprint density at radius 2 is 1.95 bits per heavy atom. The average Bonchev–Trinajstić information content (AvgIpc) is 2.79. The summed E-state index contributed by atoms with van der Waals surface area (Å²) in [5.41, 5.74) is -0.662. The first-order valence-corrected chi connectivity index (χ1v) is 6.40. The Morgan fingerprint density at radius 1 is 1.24 bits per heavy atom. The highest BCUT2D eigenvalue weighted by molar-refractivity contribution is 5.65. The van der Waals surface area contributed by atoms with E-state index < -0.39 is 27.7 Å². The normalized spacial score (nSPS) is 24.8. The SMILES string of the molecule is O=[N+]([O-])c1ccc(NC2CC(CO)CC2O)c([N+](=O)[O-])c1. The number of aliphatic hydroxyl groups excluding tert-OH is 2. The highest BCUT2D eigenvalue weighted by atomic mass is 16.6. The predicted molar refractivity (Wildman–Crippen MR) is 73.0 cm³/mol. The van der Waals surface area contributed by atoms with Crippen molar-refractivity contribution in [3.63, 3.8) is 0 Å². The molecule has 114 valence electrons. The second kappa shape index (κ2) is 6.02. The van der Waals surface area contributed by atoms with Gasteiger partial charge < -0.3 is 15.5 Å². The summed E-state index contributed by atoms with van der Waals surface area (Å²) in [6.45, 7) is -0.0579. The van der Waals surface area contributed by atoms with E-state index in [1.54, 1.807) is 0 Å². The smallest absolute Gasteiger partial charge is 0.299 e. The van der Waals surface area contributed by atoms with Gasteiger partial charge in [-0.25, -0.2) is 0 Å². The van der Waals surface area contributed by atoms with Gasteiger partial charge >= 0.3 is 0 Å². The third-order valence-corrected chi connectivity index (χ3v) is 3.61. The third kappa shape index (κ3) is 3.26. The summed E-state index contributed by atoms with van der Waals surface area (Å²) in [6.07, 6.45) is 0.165. The van der Waals surface area contributed by atoms with Gasteiger partial charge in [0.2, 0.25) is 0 Å². The van der Waals surface area contributed by atoms with Crippen LogP contribution in [0, 0.1) is 26.1 Å². The maximum Gasteiger partial charge on any atom is 0.299 e. The predicted octanol–water partition coefficient (Wildman–Crippen LogP) is 1.05. The lowest BCUT2D eigenvalue weighted by atomic mass is 10.1. The van der Waals surface area contributed by atoms with E-state index in [0.29, 0.717) is 12.8 Å². The summed E-state index contributed by atoms with van der Waals surface area (Å²) >= 11 is 0. The van der Waals surface area contributed by atoms with Crippen LogP contribution in [0.15, 0.2) is 18.2 Å². The number of aliphatic hydroxyl groups is 2. The summed E-state index contributed by atoms with van der Waals surface area (Å²) < 4.78 is 0. The van der Waals surface area contributed by atoms with Gasteiger partial charge in [-0.1, -0.05) is 0 Å². The molecule has 0 saturated heterocycles. The molecule has 1 aromatic carbocycles. The fraction of sp³-hybridized carbons (Fsp3) is 0.500. The molecule has 9 nitrogen and oxygen atoms in total. The molecule has 1 saturated carbocycles. The summed E-state index contributed by atoms with van der Waals surface area (Å²) in [6, 6.07) is 2.88. The monoisotopic (exact) mass is 297 g/mol. The summed E-state index contributed by atoms with van der Waals surface area (Å²) in [4.78, 5) is 20.3. The number of nitro benzene ring substituents is 2. The van der Waals surface area contributed by atoms with E-state index in [1.165, 1.54) is 12.1 Å². The standard InChI is InChI=1S/C12H15N3O6/c16-6-7-3-10(12(17)4-7)13-9-2-1-8(14(18)19)5-11(9)15(20)21/h1-2,5,7,10,12-13,16-17H,3-4,6H2. The molecule has 1 aliphatic carbocycles. The van der Waals surface area contributed by atoms with Gasteiger partial charge in [-0.05, 0) is 24.8 Å². The van der Waals surface area contributed by atoms with Crippen LogP contribution in [0.2, 0.25) is 0 Å². The number of benzene rings is 1. The minimum atomic E-state index is -0.725. The Morgan fingerprint density at radius 3 is 2.48 bits per heavy atom. The van der Waals surface area contributed by atoms with Crippen molar-refractivity contribution in [1.82, 2.24) is 0 Å². The van der Waals surface area contributed by atoms with Crippen LogP contribution in [0.3, 0.4) is 0 Å². The van der Waals surface area contributed by atoms with E-state index in [2.05, 4.69) is 5.32 Å². The van der Waals surface area contributed by atoms with Crippen LogP contribution in [0.5, 0.6) is 0 Å². The molecule has 0 heterocycles. The van der Waals surface area contributed by atoms with Crippen LogP contribution >= 0.6 is 0 Å². The first-order chi connectivity index (χ1) is 9.92. The van der Waals surface area contributed by atoms with Crippen LogP contribution in [-0.2, 0) is 0 Å². The van der Waals surface area contributed by atoms with Crippen molar-refractivity contribution in [3.8, 4) is 0 Å². The molecule has 1 aliphatic rings. The van der Waals surface area contributed by atoms with Gasteiger partial charge in [0.05, 0.1) is 28.1 Å². The Balaban J connectivity index is 2.23. The number of nitro groups is 2. The third-order valence-electron chi connectivity index (χ3n) is 3.61. The number of hydrogen-bond donors (Lipinski definition) is 3. The largest absolute Gasteiger partial charge is 0.396 e. The first kappa shape index (κ1) is 15.1. The summed E-state index contributed by atoms with van der Waals surface area (Å²) in [5.74, 6) is -0.0606. The van der Waals surface area contributed by atoms with Gasteiger partial charge in [0.1, 0.15) is 5.69 Å². The molecule has 21 heavy (non-hydrogen) atoms. The quantitative estimate of drug-likeness (QED) is 0.545. The van der Waals surface area contributed by atoms with E-state index in [0.717, 1.165) is 6.07 Å². The zero-order chi connectivity index (χ0) is 15.6. The van der Waals surface area contributed by atoms with Gasteiger partial charge in [-0.15, -0.1) is 0 Å². The lowest BCUT2D eigenvalue weighted by molar-refractivity contribution is -0.393. The molecule has 0 aliphatic heterocycles. The molecule has 0 radical (unpaired) electrons. The Bertz CT molecular complexity index is 564. The number of hydrogen-bond acceptors (Lipinski definition) is 7. The van der Waals surface area contributed by atoms with Crippen LogP contribution in [0.25, 0.3) is 0 Å². The molecular formula is C12H15N3O6. The van der Waals surface area contributed by atoms with Crippen molar-refractivity contribution in [3.05, 3.63) is 38.4 Å². The number of rotatable bonds is 5. The number of nitrogens with zero attached hydrogens (tertiary/aromatic N) is 2. The van der Waals surface area contributed by atoms with Crippen LogP contribution < -0.4 is 5.32 Å². The highest BCUT2D eigenvalue weighted by Crippen LogP contribution is 2.33. The summed E-state index contributed by atoms with van der Waals surface area (Å²) in [7, 11) is 0. The molecule has 2 rings (SSSR count). The molecule has 3 atom stereocenters. The van der Waals surface area contributed by atoms with E-state index in [4.69, 9.17) is 5.11 Å². The molecule has 0 spiro atoms. The lowest BCUT2D eigenvalue weighted by Gasteiger charge is -2.17. The van der Waals surface area contributed by atoms with E-state index in [-0.39, 0.29) is 23.9 Å². The van der Waals surface area contributed by atoms with Gasteiger partial charge in [-0.2, -0.15) is 0 Å². The minimum Gasteiger partial charge on any atom is -0.396 e. The Labute approximate surface area is 119 Å². The van der Waals surface area contributed by atoms with Gasteiger partial charge in [0, 0.05) is 12.7 Å². The average molecular weight is 297 g/mol. The zero-order valence-corrected chi connectivity index (χ0v) is 11.0. The number of anilines is 1. The van der Waals surface area contributed by atoms with E-state index >= 15 is 0 Å². The van der Waals surface area contributed by atoms with Crippen molar-refractivity contribution in [1.29, 1.82) is 0 Å². The van der Waals surface area contributed by atoms with Crippen LogP contribution in [-0.4, -0.2) is 38.8 Å². The molecule has 0 aromatic heterocycles. The van der Waals surface area contributed by atoms with Crippen molar-refractivity contribution in [2.24, 2.45) is 5.92 Å². The molecule has 3 N–H and O–H groups in total. The van der Waals surface area contributed by atoms with Crippen molar-refractivity contribution >= 4 is 17.1 Å². The minimum absolute atomic E-state index is 0.0579. The van der Waals surface area contributed by atoms with E-state index in [1.807, 2.05) is 0 Å². The topological polar surface area (TPSA) is 139 Å². The second-order valence-electron chi connectivity index (χ2n) is 5.05. The molecule has 0 amide bonds. The van der Waals surface area contributed by atoms with Crippen molar-refractivity contribution in [2.45, 2.75) is 25.0 Å². The fourth-order valence-electron chi connectivity index (χ4n) is 2.53. The zero-order valence-electron chi connectivity index (χ0n) is 11.0. The number of nitrogens with one attached hydrogen (secondary N) is 1. The van der Waals surface area contributed by atoms with Crippen molar-refractivity contribution in [2.75, 3.05) is 11.9 Å². The molecule has 1 fully saturated rings. The highest BCUT2D eigenvalue weighted by Gasteiger charge is 2.34. The maximum absolute atomic E-state index is 11.0. The number of non-ortho nitro benzene ring substituents is 1. The fourth-order valence-corrected chi connectivity index (χ4v) is 2.53. The van der Waals surface area contributed by atoms with Crippen LogP contribution in [0.4, 0.5) is 17.1 Å². The Kier molecular flexibility index (Phi) is 4.34. The summed E-state index contributed by atoms with van der Waals surface area (Å²) in [5, 5.41) is 43.5. The first-order valence-electron chi connectivity index (χ1n) is 6.40.